The molecule has 2 rings (SSSR count). The van der Waals surface area contributed by atoms with Crippen molar-refractivity contribution in [3.8, 4) is 6.07 Å². The number of benzene rings is 2. The summed E-state index contributed by atoms with van der Waals surface area (Å²) in [4.78, 5) is 12.2. The fourth-order valence-electron chi connectivity index (χ4n) is 1.82. The summed E-state index contributed by atoms with van der Waals surface area (Å²) >= 11 is 5.51. The predicted octanol–water partition coefficient (Wildman–Crippen LogP) is 4.25. The van der Waals surface area contributed by atoms with Gasteiger partial charge in [-0.1, -0.05) is 17.7 Å². The number of Topliss-reactive ketones (excluding diaryl/α,β-unsaturated/α-hetero) is 1. The first kappa shape index (κ1) is 15.1. The second kappa shape index (κ2) is 5.98. The number of carbonyl (C=O) groups is 1. The first-order valence-corrected chi connectivity index (χ1v) is 6.15. The summed E-state index contributed by atoms with van der Waals surface area (Å²) in [6, 6.07) is 7.46. The maximum atomic E-state index is 13.7. The molecule has 2 aromatic carbocycles. The van der Waals surface area contributed by atoms with Crippen LogP contribution in [0.4, 0.5) is 13.2 Å². The Hall–Kier alpha value is -2.32. The van der Waals surface area contributed by atoms with Crippen LogP contribution in [0.15, 0.2) is 36.4 Å². The number of halogens is 4. The number of ketones is 1. The molecule has 0 fully saturated rings. The molecule has 0 amide bonds. The topological polar surface area (TPSA) is 40.9 Å². The molecule has 2 aromatic rings. The van der Waals surface area contributed by atoms with Crippen molar-refractivity contribution in [1.82, 2.24) is 0 Å². The van der Waals surface area contributed by atoms with Gasteiger partial charge in [-0.05, 0) is 24.3 Å². The lowest BCUT2D eigenvalue weighted by atomic mass is 9.91. The molecule has 0 bridgehead atoms. The van der Waals surface area contributed by atoms with Gasteiger partial charge in [0.15, 0.2) is 5.78 Å². The second-order valence-electron chi connectivity index (χ2n) is 4.22. The Morgan fingerprint density at radius 3 is 2.38 bits per heavy atom. The van der Waals surface area contributed by atoms with Gasteiger partial charge < -0.3 is 0 Å². The highest BCUT2D eigenvalue weighted by Gasteiger charge is 2.25. The third kappa shape index (κ3) is 3.06. The summed E-state index contributed by atoms with van der Waals surface area (Å²) in [5.41, 5.74) is -0.383. The monoisotopic (exact) mass is 309 g/mol. The standard InChI is InChI=1S/C15H7ClF3NO/c16-12-4-1-8(5-14(12)19)15(21)11(7-20)10-3-2-9(17)6-13(10)18/h1-6,11H. The molecule has 0 saturated heterocycles. The van der Waals surface area contributed by atoms with Gasteiger partial charge >= 0.3 is 0 Å². The van der Waals surface area contributed by atoms with Crippen LogP contribution in [0.25, 0.3) is 0 Å². The van der Waals surface area contributed by atoms with Gasteiger partial charge in [0.2, 0.25) is 0 Å². The Kier molecular flexibility index (Phi) is 4.29. The molecular weight excluding hydrogens is 303 g/mol. The molecule has 0 heterocycles. The minimum absolute atomic E-state index is 0.118. The number of nitrogens with zero attached hydrogens (tertiary/aromatic N) is 1. The molecule has 1 unspecified atom stereocenters. The summed E-state index contributed by atoms with van der Waals surface area (Å²) in [5, 5.41) is 8.90. The zero-order valence-electron chi connectivity index (χ0n) is 10.4. The van der Waals surface area contributed by atoms with Crippen LogP contribution in [0.3, 0.4) is 0 Å². The SMILES string of the molecule is N#CC(C(=O)c1ccc(Cl)c(F)c1)c1ccc(F)cc1F. The molecule has 0 aliphatic heterocycles. The third-order valence-corrected chi connectivity index (χ3v) is 3.18. The first-order valence-electron chi connectivity index (χ1n) is 5.78. The Morgan fingerprint density at radius 1 is 1.10 bits per heavy atom. The van der Waals surface area contributed by atoms with Crippen LogP contribution in [0.5, 0.6) is 0 Å². The van der Waals surface area contributed by atoms with Gasteiger partial charge in [-0.2, -0.15) is 5.26 Å². The van der Waals surface area contributed by atoms with Crippen LogP contribution in [-0.4, -0.2) is 5.78 Å². The molecule has 0 aliphatic carbocycles. The Morgan fingerprint density at radius 2 is 1.81 bits per heavy atom. The van der Waals surface area contributed by atoms with Crippen molar-refractivity contribution >= 4 is 17.4 Å². The largest absolute Gasteiger partial charge is 0.292 e. The maximum absolute atomic E-state index is 13.7. The van der Waals surface area contributed by atoms with E-state index in [1.54, 1.807) is 6.07 Å². The first-order chi connectivity index (χ1) is 9.93. The van der Waals surface area contributed by atoms with Crippen LogP contribution < -0.4 is 0 Å². The van der Waals surface area contributed by atoms with Crippen molar-refractivity contribution in [2.24, 2.45) is 0 Å². The predicted molar refractivity (Wildman–Crippen MR) is 70.5 cm³/mol. The summed E-state index contributed by atoms with van der Waals surface area (Å²) < 4.78 is 39.9. The van der Waals surface area contributed by atoms with Crippen LogP contribution in [-0.2, 0) is 0 Å². The molecule has 0 spiro atoms. The summed E-state index contributed by atoms with van der Waals surface area (Å²) in [6.07, 6.45) is 0. The number of nitriles is 1. The van der Waals surface area contributed by atoms with Crippen molar-refractivity contribution < 1.29 is 18.0 Å². The van der Waals surface area contributed by atoms with Crippen molar-refractivity contribution in [1.29, 1.82) is 5.26 Å². The fraction of sp³-hybridized carbons (Fsp3) is 0.0667. The minimum Gasteiger partial charge on any atom is -0.292 e. The third-order valence-electron chi connectivity index (χ3n) is 2.87. The average Bonchev–Trinajstić information content (AvgIpc) is 2.44. The summed E-state index contributed by atoms with van der Waals surface area (Å²) in [7, 11) is 0. The Balaban J connectivity index is 2.43. The molecule has 0 aliphatic rings. The van der Waals surface area contributed by atoms with Gasteiger partial charge in [-0.3, -0.25) is 4.79 Å². The van der Waals surface area contributed by atoms with E-state index in [0.717, 1.165) is 18.2 Å². The normalized spacial score (nSPS) is 11.8. The van der Waals surface area contributed by atoms with E-state index in [4.69, 9.17) is 16.9 Å². The van der Waals surface area contributed by atoms with Crippen molar-refractivity contribution in [2.75, 3.05) is 0 Å². The van der Waals surface area contributed by atoms with Crippen molar-refractivity contribution in [3.63, 3.8) is 0 Å². The fourth-order valence-corrected chi connectivity index (χ4v) is 1.94. The summed E-state index contributed by atoms with van der Waals surface area (Å²) in [5.74, 6) is -4.94. The lowest BCUT2D eigenvalue weighted by Gasteiger charge is -2.10. The maximum Gasteiger partial charge on any atom is 0.184 e. The Bertz CT molecular complexity index is 755. The van der Waals surface area contributed by atoms with E-state index in [0.29, 0.717) is 6.07 Å². The summed E-state index contributed by atoms with van der Waals surface area (Å²) in [6.45, 7) is 0. The van der Waals surface area contributed by atoms with Gasteiger partial charge in [-0.25, -0.2) is 13.2 Å². The molecule has 1 atom stereocenters. The number of carbonyl (C=O) groups excluding carboxylic acids is 1. The van der Waals surface area contributed by atoms with E-state index in [1.807, 2.05) is 0 Å². The molecule has 2 nitrogen and oxygen atoms in total. The van der Waals surface area contributed by atoms with Gasteiger partial charge in [0.25, 0.3) is 0 Å². The van der Waals surface area contributed by atoms with Crippen molar-refractivity contribution in [2.45, 2.75) is 5.92 Å². The second-order valence-corrected chi connectivity index (χ2v) is 4.63. The van der Waals surface area contributed by atoms with Gasteiger partial charge in [-0.15, -0.1) is 0 Å². The number of hydrogen-bond acceptors (Lipinski definition) is 2. The highest BCUT2D eigenvalue weighted by molar-refractivity contribution is 6.30. The molecule has 106 valence electrons. The lowest BCUT2D eigenvalue weighted by Crippen LogP contribution is -2.13. The van der Waals surface area contributed by atoms with E-state index >= 15 is 0 Å². The molecule has 0 saturated carbocycles. The van der Waals surface area contributed by atoms with E-state index < -0.39 is 29.2 Å². The molecule has 0 aromatic heterocycles. The molecule has 6 heteroatoms. The van der Waals surface area contributed by atoms with Crippen LogP contribution in [0.1, 0.15) is 21.8 Å². The smallest absolute Gasteiger partial charge is 0.184 e. The van der Waals surface area contributed by atoms with Gasteiger partial charge in [0.1, 0.15) is 23.4 Å². The van der Waals surface area contributed by atoms with Crippen molar-refractivity contribution in [3.05, 3.63) is 70.0 Å². The molecule has 0 N–H and O–H groups in total. The zero-order valence-corrected chi connectivity index (χ0v) is 11.2. The van der Waals surface area contributed by atoms with E-state index in [9.17, 15) is 18.0 Å². The highest BCUT2D eigenvalue weighted by atomic mass is 35.5. The number of hydrogen-bond donors (Lipinski definition) is 0. The van der Waals surface area contributed by atoms with Crippen LogP contribution in [0, 0.1) is 28.8 Å². The molecular formula is C15H7ClF3NO. The van der Waals surface area contributed by atoms with Crippen LogP contribution >= 0.6 is 11.6 Å². The zero-order chi connectivity index (χ0) is 15.6. The Labute approximate surface area is 123 Å². The van der Waals surface area contributed by atoms with Crippen LogP contribution in [0.2, 0.25) is 5.02 Å². The van der Waals surface area contributed by atoms with Gasteiger partial charge in [0, 0.05) is 17.2 Å². The van der Waals surface area contributed by atoms with E-state index in [1.165, 1.54) is 12.1 Å². The molecule has 21 heavy (non-hydrogen) atoms. The molecule has 0 radical (unpaired) electrons. The quantitative estimate of drug-likeness (QED) is 0.795. The lowest BCUT2D eigenvalue weighted by molar-refractivity contribution is 0.0977. The van der Waals surface area contributed by atoms with Gasteiger partial charge in [0.05, 0.1) is 11.1 Å². The number of rotatable bonds is 3. The van der Waals surface area contributed by atoms with E-state index in [2.05, 4.69) is 0 Å². The van der Waals surface area contributed by atoms with E-state index in [-0.39, 0.29) is 16.1 Å². The average molecular weight is 310 g/mol. The highest BCUT2D eigenvalue weighted by Crippen LogP contribution is 2.25. The minimum atomic E-state index is -1.49.